The molecular formula is C23H21N3O3. The lowest BCUT2D eigenvalue weighted by Gasteiger charge is -2.31. The summed E-state index contributed by atoms with van der Waals surface area (Å²) in [5.74, 6) is 1.13. The molecule has 3 aromatic rings. The zero-order valence-corrected chi connectivity index (χ0v) is 15.9. The molecule has 0 fully saturated rings. The summed E-state index contributed by atoms with van der Waals surface area (Å²) in [5.41, 5.74) is 4.61. The number of carbonyl (C=O) groups is 1. The van der Waals surface area contributed by atoms with E-state index in [1.165, 1.54) is 11.3 Å². The van der Waals surface area contributed by atoms with E-state index in [0.29, 0.717) is 36.0 Å². The van der Waals surface area contributed by atoms with Gasteiger partial charge in [-0.3, -0.25) is 9.78 Å². The van der Waals surface area contributed by atoms with Gasteiger partial charge in [0.2, 0.25) is 0 Å². The number of nitrogens with zero attached hydrogens (tertiary/aromatic N) is 2. The van der Waals surface area contributed by atoms with Gasteiger partial charge in [0.15, 0.2) is 11.5 Å². The molecule has 1 aromatic heterocycles. The van der Waals surface area contributed by atoms with E-state index >= 15 is 0 Å². The number of nitrogens with one attached hydrogen (secondary N) is 1. The Labute approximate surface area is 169 Å². The first kappa shape index (κ1) is 17.6. The summed E-state index contributed by atoms with van der Waals surface area (Å²) in [6.45, 7) is 1.95. The van der Waals surface area contributed by atoms with Gasteiger partial charge in [-0.15, -0.1) is 0 Å². The molecule has 3 heterocycles. The van der Waals surface area contributed by atoms with E-state index in [2.05, 4.69) is 33.4 Å². The van der Waals surface area contributed by atoms with Gasteiger partial charge in [-0.25, -0.2) is 0 Å². The lowest BCUT2D eigenvalue weighted by atomic mass is 10.0. The number of ether oxygens (including phenoxy) is 2. The van der Waals surface area contributed by atoms with E-state index in [1.807, 2.05) is 30.5 Å². The van der Waals surface area contributed by atoms with Crippen LogP contribution in [-0.4, -0.2) is 30.6 Å². The Kier molecular flexibility index (Phi) is 4.52. The topological polar surface area (TPSA) is 63.7 Å². The van der Waals surface area contributed by atoms with Gasteiger partial charge in [-0.2, -0.15) is 0 Å². The van der Waals surface area contributed by atoms with Crippen LogP contribution < -0.4 is 19.7 Å². The molecule has 146 valence electrons. The molecule has 5 rings (SSSR count). The van der Waals surface area contributed by atoms with Gasteiger partial charge in [-0.05, 0) is 42.7 Å². The highest BCUT2D eigenvalue weighted by atomic mass is 16.6. The summed E-state index contributed by atoms with van der Waals surface area (Å²) in [6, 6.07) is 15.7. The molecule has 0 unspecified atom stereocenters. The molecule has 29 heavy (non-hydrogen) atoms. The fourth-order valence-corrected chi connectivity index (χ4v) is 3.83. The van der Waals surface area contributed by atoms with Crippen LogP contribution in [0.4, 0.5) is 17.1 Å². The molecule has 2 aliphatic rings. The minimum Gasteiger partial charge on any atom is -0.486 e. The molecule has 0 aliphatic carbocycles. The van der Waals surface area contributed by atoms with E-state index in [9.17, 15) is 4.79 Å². The van der Waals surface area contributed by atoms with Gasteiger partial charge in [0.1, 0.15) is 13.2 Å². The summed E-state index contributed by atoms with van der Waals surface area (Å²) in [5, 5.41) is 2.92. The molecule has 2 aromatic carbocycles. The first-order chi connectivity index (χ1) is 14.3. The van der Waals surface area contributed by atoms with Crippen molar-refractivity contribution >= 4 is 23.0 Å². The smallest absolute Gasteiger partial charge is 0.257 e. The Hall–Kier alpha value is -3.54. The number of rotatable bonds is 3. The van der Waals surface area contributed by atoms with Crippen LogP contribution in [-0.2, 0) is 6.42 Å². The van der Waals surface area contributed by atoms with E-state index in [4.69, 9.17) is 9.47 Å². The summed E-state index contributed by atoms with van der Waals surface area (Å²) in [6.07, 6.45) is 5.55. The van der Waals surface area contributed by atoms with Crippen LogP contribution in [0.25, 0.3) is 0 Å². The molecule has 0 bridgehead atoms. The van der Waals surface area contributed by atoms with Gasteiger partial charge in [0.25, 0.3) is 5.91 Å². The van der Waals surface area contributed by atoms with Crippen molar-refractivity contribution in [3.63, 3.8) is 0 Å². The van der Waals surface area contributed by atoms with E-state index in [-0.39, 0.29) is 5.91 Å². The van der Waals surface area contributed by atoms with Crippen LogP contribution in [0.1, 0.15) is 22.3 Å². The monoisotopic (exact) mass is 387 g/mol. The molecule has 0 atom stereocenters. The normalized spacial score (nSPS) is 14.8. The third kappa shape index (κ3) is 3.49. The van der Waals surface area contributed by atoms with Gasteiger partial charge in [0.05, 0.1) is 17.4 Å². The average Bonchev–Trinajstić information content (AvgIpc) is 2.78. The van der Waals surface area contributed by atoms with E-state index in [1.54, 1.807) is 12.3 Å². The minimum absolute atomic E-state index is 0.207. The van der Waals surface area contributed by atoms with Crippen molar-refractivity contribution in [2.45, 2.75) is 12.8 Å². The fraction of sp³-hybridized carbons (Fsp3) is 0.217. The molecular weight excluding hydrogens is 366 g/mol. The number of aryl methyl sites for hydroxylation is 1. The van der Waals surface area contributed by atoms with Crippen molar-refractivity contribution in [1.82, 2.24) is 4.98 Å². The second kappa shape index (κ2) is 7.47. The van der Waals surface area contributed by atoms with Crippen molar-refractivity contribution in [3.05, 3.63) is 72.1 Å². The first-order valence-electron chi connectivity index (χ1n) is 9.79. The van der Waals surface area contributed by atoms with Crippen LogP contribution in [0.15, 0.2) is 60.9 Å². The zero-order valence-electron chi connectivity index (χ0n) is 15.9. The maximum atomic E-state index is 12.8. The standard InChI is InChI=1S/C23H21N3O3/c27-23(25-18-7-8-21-22(13-18)29-11-10-28-21)17-12-19(15-24-14-17)26-9-3-5-16-4-1-2-6-20(16)26/h1-2,4,6-8,12-15H,3,5,9-11H2,(H,25,27). The number of hydrogen-bond acceptors (Lipinski definition) is 5. The second-order valence-corrected chi connectivity index (χ2v) is 7.13. The van der Waals surface area contributed by atoms with E-state index < -0.39 is 0 Å². The number of hydrogen-bond donors (Lipinski definition) is 1. The lowest BCUT2D eigenvalue weighted by Crippen LogP contribution is -2.25. The summed E-state index contributed by atoms with van der Waals surface area (Å²) in [7, 11) is 0. The number of para-hydroxylation sites is 1. The third-order valence-electron chi connectivity index (χ3n) is 5.21. The summed E-state index contributed by atoms with van der Waals surface area (Å²) < 4.78 is 11.1. The molecule has 0 radical (unpaired) electrons. The third-order valence-corrected chi connectivity index (χ3v) is 5.21. The number of pyridine rings is 1. The molecule has 0 spiro atoms. The average molecular weight is 387 g/mol. The number of fused-ring (bicyclic) bond motifs is 2. The largest absolute Gasteiger partial charge is 0.486 e. The number of benzene rings is 2. The lowest BCUT2D eigenvalue weighted by molar-refractivity contribution is 0.102. The highest BCUT2D eigenvalue weighted by molar-refractivity contribution is 6.04. The predicted octanol–water partition coefficient (Wildman–Crippen LogP) is 4.19. The SMILES string of the molecule is O=C(Nc1ccc2c(c1)OCCO2)c1cncc(N2CCCc3ccccc32)c1. The van der Waals surface area contributed by atoms with Crippen molar-refractivity contribution in [3.8, 4) is 11.5 Å². The Balaban J connectivity index is 1.38. The quantitative estimate of drug-likeness (QED) is 0.730. The molecule has 0 saturated carbocycles. The predicted molar refractivity (Wildman–Crippen MR) is 111 cm³/mol. The Morgan fingerprint density at radius 1 is 1.00 bits per heavy atom. The Morgan fingerprint density at radius 3 is 2.79 bits per heavy atom. The zero-order chi connectivity index (χ0) is 19.6. The molecule has 1 amide bonds. The van der Waals surface area contributed by atoms with E-state index in [0.717, 1.165) is 25.1 Å². The van der Waals surface area contributed by atoms with Crippen molar-refractivity contribution in [2.75, 3.05) is 30.0 Å². The highest BCUT2D eigenvalue weighted by Crippen LogP contribution is 2.34. The minimum atomic E-state index is -0.207. The second-order valence-electron chi connectivity index (χ2n) is 7.13. The number of anilines is 3. The Bertz CT molecular complexity index is 1070. The first-order valence-corrected chi connectivity index (χ1v) is 9.79. The summed E-state index contributed by atoms with van der Waals surface area (Å²) >= 11 is 0. The van der Waals surface area contributed by atoms with Crippen LogP contribution in [0.2, 0.25) is 0 Å². The fourth-order valence-electron chi connectivity index (χ4n) is 3.83. The number of carbonyl (C=O) groups excluding carboxylic acids is 1. The van der Waals surface area contributed by atoms with Crippen molar-refractivity contribution < 1.29 is 14.3 Å². The van der Waals surface area contributed by atoms with Gasteiger partial charge >= 0.3 is 0 Å². The molecule has 2 aliphatic heterocycles. The van der Waals surface area contributed by atoms with Gasteiger partial charge < -0.3 is 19.7 Å². The highest BCUT2D eigenvalue weighted by Gasteiger charge is 2.19. The Morgan fingerprint density at radius 2 is 1.86 bits per heavy atom. The van der Waals surface area contributed by atoms with Crippen LogP contribution >= 0.6 is 0 Å². The maximum Gasteiger partial charge on any atom is 0.257 e. The van der Waals surface area contributed by atoms with Crippen LogP contribution in [0, 0.1) is 0 Å². The van der Waals surface area contributed by atoms with Gasteiger partial charge in [-0.1, -0.05) is 18.2 Å². The van der Waals surface area contributed by atoms with Crippen LogP contribution in [0.5, 0.6) is 11.5 Å². The molecule has 1 N–H and O–H groups in total. The number of aromatic nitrogens is 1. The van der Waals surface area contributed by atoms with Crippen molar-refractivity contribution in [2.24, 2.45) is 0 Å². The number of amides is 1. The summed E-state index contributed by atoms with van der Waals surface area (Å²) in [4.78, 5) is 19.4. The van der Waals surface area contributed by atoms with Gasteiger partial charge in [0, 0.05) is 30.2 Å². The maximum absolute atomic E-state index is 12.8. The molecule has 6 heteroatoms. The molecule has 0 saturated heterocycles. The molecule has 6 nitrogen and oxygen atoms in total. The van der Waals surface area contributed by atoms with Crippen LogP contribution in [0.3, 0.4) is 0 Å². The van der Waals surface area contributed by atoms with Crippen molar-refractivity contribution in [1.29, 1.82) is 0 Å².